The first-order valence-corrected chi connectivity index (χ1v) is 8.17. The molecular formula is C11H7Cl2NO4S2. The zero-order valence-electron chi connectivity index (χ0n) is 9.63. The molecular weight excluding hydrogens is 345 g/mol. The Morgan fingerprint density at radius 2 is 1.90 bits per heavy atom. The summed E-state index contributed by atoms with van der Waals surface area (Å²) >= 11 is 12.3. The Morgan fingerprint density at radius 3 is 2.50 bits per heavy atom. The number of thiophene rings is 1. The number of rotatable bonds is 4. The van der Waals surface area contributed by atoms with Crippen molar-refractivity contribution in [3.8, 4) is 0 Å². The number of carboxylic acids is 1. The van der Waals surface area contributed by atoms with Crippen molar-refractivity contribution in [3.05, 3.63) is 45.3 Å². The summed E-state index contributed by atoms with van der Waals surface area (Å²) < 4.78 is 26.4. The van der Waals surface area contributed by atoms with E-state index in [0.717, 1.165) is 0 Å². The maximum Gasteiger partial charge on any atom is 0.345 e. The first-order valence-electron chi connectivity index (χ1n) is 5.11. The van der Waals surface area contributed by atoms with Crippen molar-refractivity contribution >= 4 is 56.2 Å². The van der Waals surface area contributed by atoms with Crippen LogP contribution in [-0.4, -0.2) is 19.5 Å². The van der Waals surface area contributed by atoms with Gasteiger partial charge in [0, 0.05) is 0 Å². The molecule has 2 rings (SSSR count). The Labute approximate surface area is 128 Å². The summed E-state index contributed by atoms with van der Waals surface area (Å²) in [4.78, 5) is 10.7. The largest absolute Gasteiger partial charge is 0.477 e. The average Bonchev–Trinajstić information content (AvgIpc) is 2.85. The van der Waals surface area contributed by atoms with Crippen molar-refractivity contribution in [2.75, 3.05) is 4.72 Å². The van der Waals surface area contributed by atoms with Gasteiger partial charge in [0.1, 0.15) is 9.09 Å². The van der Waals surface area contributed by atoms with E-state index in [0.29, 0.717) is 11.3 Å². The van der Waals surface area contributed by atoms with Crippen molar-refractivity contribution in [1.82, 2.24) is 0 Å². The Balaban J connectivity index is 2.35. The molecule has 0 saturated carbocycles. The third kappa shape index (κ3) is 3.06. The fraction of sp³-hybridized carbons (Fsp3) is 0. The van der Waals surface area contributed by atoms with Crippen LogP contribution in [0.4, 0.5) is 5.69 Å². The van der Waals surface area contributed by atoms with Crippen LogP contribution in [0.5, 0.6) is 0 Å². The van der Waals surface area contributed by atoms with Gasteiger partial charge in [0.25, 0.3) is 10.0 Å². The van der Waals surface area contributed by atoms with E-state index in [1.165, 1.54) is 24.3 Å². The summed E-state index contributed by atoms with van der Waals surface area (Å²) in [5.74, 6) is -1.18. The van der Waals surface area contributed by atoms with Crippen LogP contribution in [0.1, 0.15) is 9.67 Å². The second kappa shape index (κ2) is 5.61. The fourth-order valence-electron chi connectivity index (χ4n) is 1.36. The SMILES string of the molecule is O=C(O)c1ccc(S(=O)(=O)Nc2cccc(Cl)c2Cl)s1. The van der Waals surface area contributed by atoms with Gasteiger partial charge in [0.05, 0.1) is 15.7 Å². The van der Waals surface area contributed by atoms with Crippen LogP contribution in [0.15, 0.2) is 34.5 Å². The number of hydrogen-bond acceptors (Lipinski definition) is 4. The van der Waals surface area contributed by atoms with Crippen LogP contribution in [0.25, 0.3) is 0 Å². The van der Waals surface area contributed by atoms with E-state index in [1.807, 2.05) is 0 Å². The van der Waals surface area contributed by atoms with Gasteiger partial charge in [-0.2, -0.15) is 0 Å². The standard InChI is InChI=1S/C11H7Cl2NO4S2/c12-6-2-1-3-7(10(6)13)14-20(17,18)9-5-4-8(19-9)11(15)16/h1-5,14H,(H,15,16). The van der Waals surface area contributed by atoms with Gasteiger partial charge in [-0.15, -0.1) is 11.3 Å². The minimum Gasteiger partial charge on any atom is -0.477 e. The number of anilines is 1. The van der Waals surface area contributed by atoms with Gasteiger partial charge in [-0.1, -0.05) is 29.3 Å². The van der Waals surface area contributed by atoms with Gasteiger partial charge in [0.2, 0.25) is 0 Å². The van der Waals surface area contributed by atoms with E-state index in [4.69, 9.17) is 28.3 Å². The Bertz CT molecular complexity index is 770. The quantitative estimate of drug-likeness (QED) is 0.881. The summed E-state index contributed by atoms with van der Waals surface area (Å²) in [7, 11) is -3.90. The summed E-state index contributed by atoms with van der Waals surface area (Å²) in [6, 6.07) is 6.96. The molecule has 0 bridgehead atoms. The summed E-state index contributed by atoms with van der Waals surface area (Å²) in [5.41, 5.74) is 0.129. The predicted molar refractivity (Wildman–Crippen MR) is 78.5 cm³/mol. The zero-order chi connectivity index (χ0) is 14.9. The van der Waals surface area contributed by atoms with E-state index < -0.39 is 16.0 Å². The lowest BCUT2D eigenvalue weighted by molar-refractivity contribution is 0.0702. The molecule has 5 nitrogen and oxygen atoms in total. The molecule has 2 N–H and O–H groups in total. The highest BCUT2D eigenvalue weighted by Gasteiger charge is 2.20. The molecule has 0 unspecified atom stereocenters. The lowest BCUT2D eigenvalue weighted by Crippen LogP contribution is -2.11. The second-order valence-electron chi connectivity index (χ2n) is 3.63. The second-order valence-corrected chi connectivity index (χ2v) is 7.41. The summed E-state index contributed by atoms with van der Waals surface area (Å²) in [5, 5.41) is 9.08. The molecule has 0 aliphatic carbocycles. The molecule has 20 heavy (non-hydrogen) atoms. The molecule has 1 aromatic heterocycles. The number of nitrogens with one attached hydrogen (secondary N) is 1. The molecule has 0 aliphatic rings. The Kier molecular flexibility index (Phi) is 4.24. The summed E-state index contributed by atoms with van der Waals surface area (Å²) in [6.07, 6.45) is 0. The van der Waals surface area contributed by atoms with Crippen LogP contribution in [-0.2, 0) is 10.0 Å². The normalized spacial score (nSPS) is 11.3. The van der Waals surface area contributed by atoms with Gasteiger partial charge in [-0.05, 0) is 24.3 Å². The van der Waals surface area contributed by atoms with E-state index in [-0.39, 0.29) is 24.8 Å². The van der Waals surface area contributed by atoms with E-state index >= 15 is 0 Å². The number of hydrogen-bond donors (Lipinski definition) is 2. The monoisotopic (exact) mass is 351 g/mol. The molecule has 0 saturated heterocycles. The van der Waals surface area contributed by atoms with Gasteiger partial charge in [-0.3, -0.25) is 4.72 Å². The van der Waals surface area contributed by atoms with Crippen molar-refractivity contribution in [1.29, 1.82) is 0 Å². The summed E-state index contributed by atoms with van der Waals surface area (Å²) in [6.45, 7) is 0. The lowest BCUT2D eigenvalue weighted by Gasteiger charge is -2.08. The molecule has 9 heteroatoms. The first-order chi connectivity index (χ1) is 9.31. The number of benzene rings is 1. The average molecular weight is 352 g/mol. The predicted octanol–water partition coefficient (Wildman–Crippen LogP) is 3.55. The molecule has 1 aromatic carbocycles. The van der Waals surface area contributed by atoms with Crippen LogP contribution >= 0.6 is 34.5 Å². The lowest BCUT2D eigenvalue weighted by atomic mass is 10.3. The maximum atomic E-state index is 12.1. The Morgan fingerprint density at radius 1 is 1.20 bits per heavy atom. The first kappa shape index (κ1) is 15.1. The molecule has 0 fully saturated rings. The highest BCUT2D eigenvalue weighted by atomic mass is 35.5. The Hall–Kier alpha value is -1.28. The third-order valence-electron chi connectivity index (χ3n) is 2.25. The van der Waals surface area contributed by atoms with Crippen molar-refractivity contribution in [3.63, 3.8) is 0 Å². The van der Waals surface area contributed by atoms with Crippen LogP contribution in [0.2, 0.25) is 10.0 Å². The van der Waals surface area contributed by atoms with Gasteiger partial charge >= 0.3 is 5.97 Å². The fourth-order valence-corrected chi connectivity index (χ4v) is 3.98. The van der Waals surface area contributed by atoms with Crippen LogP contribution in [0, 0.1) is 0 Å². The van der Waals surface area contributed by atoms with Crippen LogP contribution in [0.3, 0.4) is 0 Å². The van der Waals surface area contributed by atoms with E-state index in [9.17, 15) is 13.2 Å². The molecule has 0 atom stereocenters. The van der Waals surface area contributed by atoms with Gasteiger partial charge < -0.3 is 5.11 Å². The van der Waals surface area contributed by atoms with Crippen molar-refractivity contribution < 1.29 is 18.3 Å². The molecule has 0 aliphatic heterocycles. The molecule has 0 amide bonds. The van der Waals surface area contributed by atoms with Crippen molar-refractivity contribution in [2.24, 2.45) is 0 Å². The third-order valence-corrected chi connectivity index (χ3v) is 6.00. The minimum absolute atomic E-state index is 0.0671. The molecule has 2 aromatic rings. The zero-order valence-corrected chi connectivity index (χ0v) is 12.8. The number of carboxylic acid groups (broad SMARTS) is 1. The highest BCUT2D eigenvalue weighted by molar-refractivity contribution is 7.94. The smallest absolute Gasteiger partial charge is 0.345 e. The minimum atomic E-state index is -3.90. The number of aromatic carboxylic acids is 1. The molecule has 1 heterocycles. The van der Waals surface area contributed by atoms with Gasteiger partial charge in [-0.25, -0.2) is 13.2 Å². The van der Waals surface area contributed by atoms with Crippen molar-refractivity contribution in [2.45, 2.75) is 4.21 Å². The number of halogens is 2. The van der Waals surface area contributed by atoms with E-state index in [1.54, 1.807) is 6.07 Å². The molecule has 0 spiro atoms. The molecule has 0 radical (unpaired) electrons. The topological polar surface area (TPSA) is 83.5 Å². The number of sulfonamides is 1. The highest BCUT2D eigenvalue weighted by Crippen LogP contribution is 2.32. The van der Waals surface area contributed by atoms with Gasteiger partial charge in [0.15, 0.2) is 0 Å². The van der Waals surface area contributed by atoms with Crippen LogP contribution < -0.4 is 4.72 Å². The number of carbonyl (C=O) groups is 1. The molecule has 106 valence electrons. The maximum absolute atomic E-state index is 12.1. The van der Waals surface area contributed by atoms with E-state index in [2.05, 4.69) is 4.72 Å².